The molecule has 0 aliphatic carbocycles. The Balaban J connectivity index is 1.43. The number of fused-ring (bicyclic) bond motifs is 7. The van der Waals surface area contributed by atoms with Crippen LogP contribution in [0, 0.1) is 5.41 Å². The van der Waals surface area contributed by atoms with Crippen LogP contribution < -0.4 is 0 Å². The predicted molar refractivity (Wildman–Crippen MR) is 202 cm³/mol. The van der Waals surface area contributed by atoms with Gasteiger partial charge in [0.25, 0.3) is 0 Å². The van der Waals surface area contributed by atoms with Crippen molar-refractivity contribution in [3.8, 4) is 27.9 Å². The molecule has 0 spiro atoms. The number of para-hydroxylation sites is 3. The van der Waals surface area contributed by atoms with E-state index in [9.17, 15) is 0 Å². The van der Waals surface area contributed by atoms with Gasteiger partial charge >= 0.3 is 0 Å². The third-order valence-corrected chi connectivity index (χ3v) is 9.25. The van der Waals surface area contributed by atoms with Gasteiger partial charge in [0.1, 0.15) is 6.34 Å². The molecule has 0 bridgehead atoms. The molecule has 0 amide bonds. The maximum Gasteiger partial charge on any atom is 0.153 e. The zero-order chi connectivity index (χ0) is 32.0. The van der Waals surface area contributed by atoms with Crippen molar-refractivity contribution in [3.63, 3.8) is 0 Å². The lowest BCUT2D eigenvalue weighted by Gasteiger charge is -2.14. The Bertz CT molecular complexity index is 2660. The molecule has 9 aromatic rings. The summed E-state index contributed by atoms with van der Waals surface area (Å²) in [6.07, 6.45) is 1.81. The molecule has 0 unspecified atom stereocenters. The normalized spacial score (nSPS) is 11.8. The van der Waals surface area contributed by atoms with E-state index in [1.54, 1.807) is 0 Å². The van der Waals surface area contributed by atoms with Gasteiger partial charge in [-0.25, -0.2) is 4.99 Å². The molecule has 7 aromatic carbocycles. The van der Waals surface area contributed by atoms with Crippen LogP contribution in [0.5, 0.6) is 0 Å². The average molecular weight is 615 g/mol. The summed E-state index contributed by atoms with van der Waals surface area (Å²) in [6.45, 7) is 0. The van der Waals surface area contributed by atoms with Crippen molar-refractivity contribution in [1.82, 2.24) is 9.13 Å². The molecule has 2 heterocycles. The van der Waals surface area contributed by atoms with Crippen LogP contribution in [-0.4, -0.2) is 21.3 Å². The summed E-state index contributed by atoms with van der Waals surface area (Å²) in [5.74, 6) is 0.221. The molecule has 0 fully saturated rings. The van der Waals surface area contributed by atoms with E-state index >= 15 is 0 Å². The molecular formula is C44H30N4. The predicted octanol–water partition coefficient (Wildman–Crippen LogP) is 11.1. The van der Waals surface area contributed by atoms with Gasteiger partial charge in [0, 0.05) is 38.4 Å². The summed E-state index contributed by atoms with van der Waals surface area (Å²) in [4.78, 5) is 4.70. The molecule has 48 heavy (non-hydrogen) atoms. The van der Waals surface area contributed by atoms with Gasteiger partial charge in [-0.1, -0.05) is 133 Å². The first kappa shape index (κ1) is 27.8. The van der Waals surface area contributed by atoms with E-state index in [2.05, 4.69) is 149 Å². The van der Waals surface area contributed by atoms with Gasteiger partial charge in [-0.3, -0.25) is 9.98 Å². The molecule has 0 saturated carbocycles. The molecule has 4 heteroatoms. The number of hydrogen-bond donors (Lipinski definition) is 1. The highest BCUT2D eigenvalue weighted by Gasteiger charge is 2.23. The Labute approximate surface area is 278 Å². The zero-order valence-corrected chi connectivity index (χ0v) is 26.1. The highest BCUT2D eigenvalue weighted by molar-refractivity contribution is 6.32. The van der Waals surface area contributed by atoms with Gasteiger partial charge < -0.3 is 4.57 Å². The number of nitrogens with zero attached hydrogens (tertiary/aromatic N) is 3. The second-order valence-corrected chi connectivity index (χ2v) is 12.0. The summed E-state index contributed by atoms with van der Waals surface area (Å²) in [5, 5.41) is 13.5. The maximum absolute atomic E-state index is 8.75. The molecule has 1 N–H and O–H groups in total. The summed E-state index contributed by atoms with van der Waals surface area (Å²) in [7, 11) is 0. The fourth-order valence-electron chi connectivity index (χ4n) is 7.11. The van der Waals surface area contributed by atoms with E-state index in [1.807, 2.05) is 36.7 Å². The molecule has 0 aliphatic rings. The molecule has 4 nitrogen and oxygen atoms in total. The van der Waals surface area contributed by atoms with Crippen LogP contribution in [0.2, 0.25) is 0 Å². The van der Waals surface area contributed by atoms with Gasteiger partial charge in [-0.2, -0.15) is 0 Å². The van der Waals surface area contributed by atoms with Crippen molar-refractivity contribution >= 4 is 55.8 Å². The molecule has 226 valence electrons. The molecule has 0 radical (unpaired) electrons. The second kappa shape index (κ2) is 11.4. The van der Waals surface area contributed by atoms with Crippen LogP contribution >= 0.6 is 0 Å². The molecule has 0 aliphatic heterocycles. The fraction of sp³-hybridized carbons (Fsp3) is 0. The molecule has 9 rings (SSSR count). The standard InChI is InChI=1S/C44H30N4/c45-44(31-17-6-2-7-18-31)46-29-47-38-25-12-10-23-35(38)41-40(47)28-37(33-20-14-19-32(27-33)30-15-4-1-5-16-30)43-42(41)36-24-11-13-26-39(36)48(43)34-21-8-3-9-22-34/h1-29,45H/b45-44?,46-29+. The van der Waals surface area contributed by atoms with Crippen LogP contribution in [0.4, 0.5) is 0 Å². The van der Waals surface area contributed by atoms with Gasteiger partial charge in [0.15, 0.2) is 5.84 Å². The second-order valence-electron chi connectivity index (χ2n) is 12.0. The van der Waals surface area contributed by atoms with Crippen LogP contribution in [0.3, 0.4) is 0 Å². The first-order valence-electron chi connectivity index (χ1n) is 16.1. The number of amidine groups is 1. The van der Waals surface area contributed by atoms with Gasteiger partial charge in [0.05, 0.1) is 22.1 Å². The van der Waals surface area contributed by atoms with Crippen LogP contribution in [-0.2, 0) is 0 Å². The van der Waals surface area contributed by atoms with E-state index < -0.39 is 0 Å². The number of benzene rings is 7. The van der Waals surface area contributed by atoms with Crippen molar-refractivity contribution in [3.05, 3.63) is 175 Å². The average Bonchev–Trinajstić information content (AvgIpc) is 3.67. The Morgan fingerprint density at radius 1 is 0.500 bits per heavy atom. The van der Waals surface area contributed by atoms with Crippen molar-refractivity contribution in [1.29, 1.82) is 5.41 Å². The minimum atomic E-state index is 0.221. The first-order chi connectivity index (χ1) is 23.8. The van der Waals surface area contributed by atoms with Crippen molar-refractivity contribution in [2.24, 2.45) is 4.99 Å². The smallest absolute Gasteiger partial charge is 0.153 e. The molecular weight excluding hydrogens is 585 g/mol. The minimum absolute atomic E-state index is 0.221. The first-order valence-corrected chi connectivity index (χ1v) is 16.1. The zero-order valence-electron chi connectivity index (χ0n) is 26.1. The van der Waals surface area contributed by atoms with E-state index in [0.29, 0.717) is 0 Å². The lowest BCUT2D eigenvalue weighted by molar-refractivity contribution is 1.18. The van der Waals surface area contributed by atoms with Crippen LogP contribution in [0.15, 0.2) is 175 Å². The molecule has 0 saturated heterocycles. The summed E-state index contributed by atoms with van der Waals surface area (Å²) in [6, 6.07) is 59.3. The van der Waals surface area contributed by atoms with E-state index in [-0.39, 0.29) is 5.84 Å². The van der Waals surface area contributed by atoms with Gasteiger partial charge in [-0.15, -0.1) is 0 Å². The van der Waals surface area contributed by atoms with E-state index in [0.717, 1.165) is 49.8 Å². The number of aliphatic imine (C=N–C) groups is 1. The lowest BCUT2D eigenvalue weighted by Crippen LogP contribution is -2.01. The number of nitrogens with one attached hydrogen (secondary N) is 1. The Morgan fingerprint density at radius 3 is 1.83 bits per heavy atom. The van der Waals surface area contributed by atoms with E-state index in [1.165, 1.54) is 27.3 Å². The Kier molecular flexibility index (Phi) is 6.58. The minimum Gasteiger partial charge on any atom is -0.309 e. The quantitative estimate of drug-likeness (QED) is 0.148. The third-order valence-electron chi connectivity index (χ3n) is 9.25. The van der Waals surface area contributed by atoms with E-state index in [4.69, 9.17) is 10.4 Å². The van der Waals surface area contributed by atoms with Crippen molar-refractivity contribution in [2.75, 3.05) is 0 Å². The lowest BCUT2D eigenvalue weighted by atomic mass is 9.95. The summed E-state index contributed by atoms with van der Waals surface area (Å²) < 4.78 is 4.57. The summed E-state index contributed by atoms with van der Waals surface area (Å²) in [5.41, 5.74) is 10.9. The monoisotopic (exact) mass is 614 g/mol. The topological polar surface area (TPSA) is 46.1 Å². The maximum atomic E-state index is 8.75. The highest BCUT2D eigenvalue weighted by atomic mass is 15.0. The Morgan fingerprint density at radius 2 is 1.08 bits per heavy atom. The van der Waals surface area contributed by atoms with Crippen molar-refractivity contribution in [2.45, 2.75) is 0 Å². The largest absolute Gasteiger partial charge is 0.309 e. The SMILES string of the molecule is N=C(/N=C/n1c2ccccc2c2c3c4ccccc4n(-c4ccccc4)c3c(-c3cccc(-c4ccccc4)c3)cc21)c1ccccc1. The van der Waals surface area contributed by atoms with Gasteiger partial charge in [0.2, 0.25) is 0 Å². The van der Waals surface area contributed by atoms with Crippen LogP contribution in [0.25, 0.3) is 71.6 Å². The number of aromatic nitrogens is 2. The highest BCUT2D eigenvalue weighted by Crippen LogP contribution is 2.45. The van der Waals surface area contributed by atoms with Crippen molar-refractivity contribution < 1.29 is 0 Å². The third kappa shape index (κ3) is 4.46. The summed E-state index contributed by atoms with van der Waals surface area (Å²) >= 11 is 0. The van der Waals surface area contributed by atoms with Gasteiger partial charge in [-0.05, 0) is 53.1 Å². The Hall–Kier alpha value is -6.52. The molecule has 0 atom stereocenters. The number of hydrogen-bond acceptors (Lipinski definition) is 1. The molecule has 2 aromatic heterocycles. The van der Waals surface area contributed by atoms with Crippen LogP contribution in [0.1, 0.15) is 5.56 Å². The number of rotatable bonds is 5. The fourth-order valence-corrected chi connectivity index (χ4v) is 7.11.